The van der Waals surface area contributed by atoms with E-state index in [0.29, 0.717) is 33.8 Å². The van der Waals surface area contributed by atoms with E-state index in [9.17, 15) is 9.59 Å². The SMILES string of the molecule is O=C(Cn1nnc2ccccc2c1=O)Nc1ccccc1-c1nc(-c2ccccc2)n[nH]1. The molecule has 156 valence electrons. The molecule has 5 aromatic rings. The van der Waals surface area contributed by atoms with Crippen LogP contribution in [0, 0.1) is 0 Å². The smallest absolute Gasteiger partial charge is 0.278 e. The first-order valence-electron chi connectivity index (χ1n) is 9.89. The van der Waals surface area contributed by atoms with E-state index in [0.717, 1.165) is 10.2 Å². The summed E-state index contributed by atoms with van der Waals surface area (Å²) in [7, 11) is 0. The van der Waals surface area contributed by atoms with Gasteiger partial charge in [-0.25, -0.2) is 9.67 Å². The van der Waals surface area contributed by atoms with Crippen LogP contribution in [0.2, 0.25) is 0 Å². The van der Waals surface area contributed by atoms with Crippen molar-refractivity contribution in [2.24, 2.45) is 0 Å². The van der Waals surface area contributed by atoms with Crippen molar-refractivity contribution >= 4 is 22.5 Å². The maximum atomic E-state index is 12.7. The molecule has 0 atom stereocenters. The number of aromatic amines is 1. The summed E-state index contributed by atoms with van der Waals surface area (Å²) in [5.74, 6) is 0.661. The predicted octanol–water partition coefficient (Wildman–Crippen LogP) is 2.88. The summed E-state index contributed by atoms with van der Waals surface area (Å²) in [4.78, 5) is 29.9. The summed E-state index contributed by atoms with van der Waals surface area (Å²) < 4.78 is 1.04. The zero-order chi connectivity index (χ0) is 21.9. The van der Waals surface area contributed by atoms with Crippen LogP contribution in [0.1, 0.15) is 0 Å². The number of carbonyl (C=O) groups excluding carboxylic acids is 1. The van der Waals surface area contributed by atoms with Crippen molar-refractivity contribution in [1.29, 1.82) is 0 Å². The van der Waals surface area contributed by atoms with Gasteiger partial charge in [0.05, 0.1) is 11.1 Å². The van der Waals surface area contributed by atoms with Gasteiger partial charge in [0.2, 0.25) is 5.91 Å². The van der Waals surface area contributed by atoms with Crippen LogP contribution >= 0.6 is 0 Å². The Morgan fingerprint density at radius 1 is 0.938 bits per heavy atom. The predicted molar refractivity (Wildman–Crippen MR) is 120 cm³/mol. The summed E-state index contributed by atoms with van der Waals surface area (Å²) in [6.07, 6.45) is 0. The highest BCUT2D eigenvalue weighted by molar-refractivity contribution is 5.94. The first-order valence-corrected chi connectivity index (χ1v) is 9.89. The number of nitrogens with zero attached hydrogens (tertiary/aromatic N) is 5. The lowest BCUT2D eigenvalue weighted by molar-refractivity contribution is -0.117. The number of amides is 1. The van der Waals surface area contributed by atoms with E-state index in [1.165, 1.54) is 0 Å². The van der Waals surface area contributed by atoms with Gasteiger partial charge >= 0.3 is 0 Å². The molecule has 0 unspecified atom stereocenters. The summed E-state index contributed by atoms with van der Waals surface area (Å²) in [6.45, 7) is -0.267. The van der Waals surface area contributed by atoms with Crippen LogP contribution < -0.4 is 10.9 Å². The molecule has 5 rings (SSSR count). The molecule has 2 heterocycles. The summed E-state index contributed by atoms with van der Waals surface area (Å²) in [5.41, 5.74) is 2.20. The molecule has 32 heavy (non-hydrogen) atoms. The van der Waals surface area contributed by atoms with E-state index in [-0.39, 0.29) is 12.1 Å². The third-order valence-corrected chi connectivity index (χ3v) is 4.90. The number of carbonyl (C=O) groups is 1. The van der Waals surface area contributed by atoms with Crippen LogP contribution in [-0.4, -0.2) is 36.1 Å². The number of hydrogen-bond donors (Lipinski definition) is 2. The number of hydrogen-bond acceptors (Lipinski definition) is 6. The maximum absolute atomic E-state index is 12.7. The Bertz CT molecular complexity index is 1470. The Hall–Kier alpha value is -4.66. The Kier molecular flexibility index (Phi) is 4.97. The van der Waals surface area contributed by atoms with E-state index < -0.39 is 5.91 Å². The molecule has 0 saturated heterocycles. The highest BCUT2D eigenvalue weighted by Gasteiger charge is 2.14. The molecular weight excluding hydrogens is 406 g/mol. The average Bonchev–Trinajstić information content (AvgIpc) is 3.32. The average molecular weight is 423 g/mol. The molecule has 0 bridgehead atoms. The molecule has 0 saturated carbocycles. The lowest BCUT2D eigenvalue weighted by Gasteiger charge is -2.10. The molecule has 1 amide bonds. The van der Waals surface area contributed by atoms with Crippen molar-refractivity contribution in [3.63, 3.8) is 0 Å². The van der Waals surface area contributed by atoms with Gasteiger partial charge in [0.15, 0.2) is 11.6 Å². The molecule has 0 aliphatic heterocycles. The molecule has 2 aromatic heterocycles. The van der Waals surface area contributed by atoms with Crippen molar-refractivity contribution in [2.75, 3.05) is 5.32 Å². The molecule has 0 aliphatic carbocycles. The molecule has 0 fully saturated rings. The van der Waals surface area contributed by atoms with Crippen LogP contribution in [-0.2, 0) is 11.3 Å². The van der Waals surface area contributed by atoms with Crippen LogP contribution in [0.15, 0.2) is 83.7 Å². The second-order valence-corrected chi connectivity index (χ2v) is 7.04. The van der Waals surface area contributed by atoms with E-state index in [4.69, 9.17) is 0 Å². The van der Waals surface area contributed by atoms with E-state index in [1.54, 1.807) is 36.4 Å². The van der Waals surface area contributed by atoms with E-state index >= 15 is 0 Å². The number of aromatic nitrogens is 6. The van der Waals surface area contributed by atoms with Crippen LogP contribution in [0.5, 0.6) is 0 Å². The van der Waals surface area contributed by atoms with Crippen molar-refractivity contribution < 1.29 is 4.79 Å². The minimum atomic E-state index is -0.410. The first kappa shape index (κ1) is 19.3. The third kappa shape index (κ3) is 3.74. The Morgan fingerprint density at radius 3 is 2.56 bits per heavy atom. The van der Waals surface area contributed by atoms with Crippen molar-refractivity contribution in [2.45, 2.75) is 6.54 Å². The van der Waals surface area contributed by atoms with Gasteiger partial charge in [-0.3, -0.25) is 14.7 Å². The van der Waals surface area contributed by atoms with Crippen LogP contribution in [0.25, 0.3) is 33.7 Å². The second-order valence-electron chi connectivity index (χ2n) is 7.04. The number of fused-ring (bicyclic) bond motifs is 1. The Labute approximate surface area is 181 Å². The normalized spacial score (nSPS) is 10.9. The fourth-order valence-electron chi connectivity index (χ4n) is 3.35. The quantitative estimate of drug-likeness (QED) is 0.449. The summed E-state index contributed by atoms with van der Waals surface area (Å²) in [6, 6.07) is 23.7. The van der Waals surface area contributed by atoms with Gasteiger partial charge in [-0.05, 0) is 24.3 Å². The number of benzene rings is 3. The highest BCUT2D eigenvalue weighted by Crippen LogP contribution is 2.26. The molecule has 9 nitrogen and oxygen atoms in total. The van der Waals surface area contributed by atoms with Gasteiger partial charge in [0.1, 0.15) is 12.1 Å². The molecule has 0 aliphatic rings. The lowest BCUT2D eigenvalue weighted by atomic mass is 10.1. The number of rotatable bonds is 5. The largest absolute Gasteiger partial charge is 0.324 e. The van der Waals surface area contributed by atoms with E-state index in [1.807, 2.05) is 42.5 Å². The zero-order valence-electron chi connectivity index (χ0n) is 16.8. The second kappa shape index (κ2) is 8.23. The number of nitrogens with one attached hydrogen (secondary N) is 2. The highest BCUT2D eigenvalue weighted by atomic mass is 16.2. The van der Waals surface area contributed by atoms with Gasteiger partial charge in [0, 0.05) is 11.1 Å². The number of para-hydroxylation sites is 1. The fourth-order valence-corrected chi connectivity index (χ4v) is 3.35. The van der Waals surface area contributed by atoms with Crippen molar-refractivity contribution in [3.05, 3.63) is 89.2 Å². The third-order valence-electron chi connectivity index (χ3n) is 4.90. The molecule has 9 heteroatoms. The molecule has 0 radical (unpaired) electrons. The van der Waals surface area contributed by atoms with Crippen LogP contribution in [0.4, 0.5) is 5.69 Å². The van der Waals surface area contributed by atoms with Gasteiger partial charge in [-0.1, -0.05) is 59.8 Å². The Morgan fingerprint density at radius 2 is 1.69 bits per heavy atom. The van der Waals surface area contributed by atoms with Gasteiger partial charge < -0.3 is 5.32 Å². The van der Waals surface area contributed by atoms with Crippen molar-refractivity contribution in [3.8, 4) is 22.8 Å². The fraction of sp³-hybridized carbons (Fsp3) is 0.0435. The van der Waals surface area contributed by atoms with Gasteiger partial charge in [0.25, 0.3) is 5.56 Å². The minimum absolute atomic E-state index is 0.267. The Balaban J connectivity index is 1.39. The summed E-state index contributed by atoms with van der Waals surface area (Å²) in [5, 5.41) is 18.3. The molecular formula is C23H17N7O2. The first-order chi connectivity index (χ1) is 15.7. The standard InChI is InChI=1S/C23H17N7O2/c31-20(14-30-23(32)17-11-5-7-13-19(17)26-29-30)24-18-12-6-4-10-16(18)22-25-21(27-28-22)15-8-2-1-3-9-15/h1-13H,14H2,(H,24,31)(H,25,27,28). The molecule has 0 spiro atoms. The lowest BCUT2D eigenvalue weighted by Crippen LogP contribution is -2.30. The maximum Gasteiger partial charge on any atom is 0.278 e. The summed E-state index contributed by atoms with van der Waals surface area (Å²) >= 11 is 0. The zero-order valence-corrected chi connectivity index (χ0v) is 16.8. The monoisotopic (exact) mass is 423 g/mol. The van der Waals surface area contributed by atoms with Crippen molar-refractivity contribution in [1.82, 2.24) is 30.2 Å². The van der Waals surface area contributed by atoms with Gasteiger partial charge in [-0.15, -0.1) is 5.10 Å². The minimum Gasteiger partial charge on any atom is -0.324 e. The number of H-pyrrole nitrogens is 1. The number of anilines is 1. The van der Waals surface area contributed by atoms with Gasteiger partial charge in [-0.2, -0.15) is 5.10 Å². The topological polar surface area (TPSA) is 118 Å². The van der Waals surface area contributed by atoms with E-state index in [2.05, 4.69) is 30.8 Å². The van der Waals surface area contributed by atoms with Crippen LogP contribution in [0.3, 0.4) is 0 Å². The molecule has 3 aromatic carbocycles. The molecule has 2 N–H and O–H groups in total.